The molecule has 1 saturated heterocycles. The lowest BCUT2D eigenvalue weighted by Gasteiger charge is -2.43. The topological polar surface area (TPSA) is 46.2 Å². The first kappa shape index (κ1) is 6.83. The van der Waals surface area contributed by atoms with Crippen LogP contribution in [-0.4, -0.2) is 11.8 Å². The Bertz CT molecular complexity index is 200. The van der Waals surface area contributed by atoms with Crippen LogP contribution in [0.2, 0.25) is 0 Å². The number of hydrogen-bond acceptors (Lipinski definition) is 2. The van der Waals surface area contributed by atoms with E-state index in [0.717, 1.165) is 12.8 Å². The fourth-order valence-corrected chi connectivity index (χ4v) is 2.02. The molecule has 0 atom stereocenters. The van der Waals surface area contributed by atoms with Gasteiger partial charge in [0.15, 0.2) is 0 Å². The Labute approximate surface area is 65.2 Å². The number of amides is 2. The third-order valence-electron chi connectivity index (χ3n) is 2.76. The summed E-state index contributed by atoms with van der Waals surface area (Å²) in [5, 5.41) is 2.32. The Morgan fingerprint density at radius 1 is 1.09 bits per heavy atom. The molecular formula is C8H11NO2. The molecule has 0 aromatic heterocycles. The molecule has 1 saturated carbocycles. The van der Waals surface area contributed by atoms with E-state index in [2.05, 4.69) is 5.32 Å². The first-order valence-corrected chi connectivity index (χ1v) is 4.03. The highest BCUT2D eigenvalue weighted by molar-refractivity contribution is 5.98. The molecule has 2 rings (SSSR count). The molecule has 1 spiro atoms. The van der Waals surface area contributed by atoms with Crippen LogP contribution in [0.5, 0.6) is 0 Å². The maximum atomic E-state index is 10.9. The highest BCUT2D eigenvalue weighted by Gasteiger charge is 2.43. The fourth-order valence-electron chi connectivity index (χ4n) is 2.02. The quantitative estimate of drug-likeness (QED) is 0.518. The van der Waals surface area contributed by atoms with E-state index < -0.39 is 0 Å². The lowest BCUT2D eigenvalue weighted by Crippen LogP contribution is -2.47. The summed E-state index contributed by atoms with van der Waals surface area (Å²) in [6, 6.07) is 0. The summed E-state index contributed by atoms with van der Waals surface area (Å²) in [5.74, 6) is -0.165. The van der Waals surface area contributed by atoms with Gasteiger partial charge in [-0.1, -0.05) is 6.42 Å². The molecule has 0 aromatic rings. The first-order chi connectivity index (χ1) is 5.20. The Kier molecular flexibility index (Phi) is 1.28. The smallest absolute Gasteiger partial charge is 0.227 e. The predicted octanol–water partition coefficient (Wildman–Crippen LogP) is 0.593. The van der Waals surface area contributed by atoms with Gasteiger partial charge in [0.05, 0.1) is 0 Å². The molecule has 0 unspecified atom stereocenters. The van der Waals surface area contributed by atoms with E-state index in [1.807, 2.05) is 0 Å². The molecule has 3 heteroatoms. The van der Waals surface area contributed by atoms with Crippen LogP contribution in [-0.2, 0) is 9.59 Å². The summed E-state index contributed by atoms with van der Waals surface area (Å²) in [6.07, 6.45) is 4.44. The molecule has 0 radical (unpaired) electrons. The SMILES string of the molecule is O=C1CC2(CCC2)CC(=O)N1. The number of piperidine rings is 1. The van der Waals surface area contributed by atoms with Crippen molar-refractivity contribution in [3.05, 3.63) is 0 Å². The summed E-state index contributed by atoms with van der Waals surface area (Å²) < 4.78 is 0. The van der Waals surface area contributed by atoms with Gasteiger partial charge in [0.25, 0.3) is 0 Å². The Morgan fingerprint density at radius 2 is 1.64 bits per heavy atom. The molecule has 1 N–H and O–H groups in total. The van der Waals surface area contributed by atoms with Gasteiger partial charge in [-0.3, -0.25) is 14.9 Å². The van der Waals surface area contributed by atoms with Gasteiger partial charge >= 0.3 is 0 Å². The van der Waals surface area contributed by atoms with Crippen LogP contribution in [0, 0.1) is 5.41 Å². The lowest BCUT2D eigenvalue weighted by molar-refractivity contribution is -0.140. The zero-order valence-electron chi connectivity index (χ0n) is 6.35. The van der Waals surface area contributed by atoms with E-state index in [9.17, 15) is 9.59 Å². The van der Waals surface area contributed by atoms with E-state index >= 15 is 0 Å². The standard InChI is InChI=1S/C8H11NO2/c10-6-4-8(2-1-3-8)5-7(11)9-6/h1-5H2,(H,9,10,11). The van der Waals surface area contributed by atoms with Crippen molar-refractivity contribution >= 4 is 11.8 Å². The predicted molar refractivity (Wildman–Crippen MR) is 38.7 cm³/mol. The van der Waals surface area contributed by atoms with Crippen molar-refractivity contribution in [3.8, 4) is 0 Å². The monoisotopic (exact) mass is 153 g/mol. The van der Waals surface area contributed by atoms with Crippen molar-refractivity contribution in [1.82, 2.24) is 5.32 Å². The van der Waals surface area contributed by atoms with E-state index in [-0.39, 0.29) is 17.2 Å². The van der Waals surface area contributed by atoms with Crippen molar-refractivity contribution in [2.45, 2.75) is 32.1 Å². The Balaban J connectivity index is 2.12. The van der Waals surface area contributed by atoms with Crippen molar-refractivity contribution in [2.24, 2.45) is 5.41 Å². The molecule has 1 heterocycles. The molecular weight excluding hydrogens is 142 g/mol. The Hall–Kier alpha value is -0.860. The zero-order valence-corrected chi connectivity index (χ0v) is 6.35. The number of carbonyl (C=O) groups is 2. The first-order valence-electron chi connectivity index (χ1n) is 4.03. The van der Waals surface area contributed by atoms with Gasteiger partial charge in [0.1, 0.15) is 0 Å². The Morgan fingerprint density at radius 3 is 2.00 bits per heavy atom. The van der Waals surface area contributed by atoms with Gasteiger partial charge in [0, 0.05) is 12.8 Å². The summed E-state index contributed by atoms with van der Waals surface area (Å²) >= 11 is 0. The zero-order chi connectivity index (χ0) is 7.90. The minimum absolute atomic E-state index is 0.0825. The van der Waals surface area contributed by atoms with Crippen LogP contribution in [0.25, 0.3) is 0 Å². The highest BCUT2D eigenvalue weighted by Crippen LogP contribution is 2.47. The number of imide groups is 1. The van der Waals surface area contributed by atoms with Crippen LogP contribution in [0.4, 0.5) is 0 Å². The summed E-state index contributed by atoms with van der Waals surface area (Å²) in [6.45, 7) is 0. The van der Waals surface area contributed by atoms with Gasteiger partial charge in [-0.05, 0) is 18.3 Å². The van der Waals surface area contributed by atoms with E-state index in [1.54, 1.807) is 0 Å². The maximum absolute atomic E-state index is 10.9. The van der Waals surface area contributed by atoms with Gasteiger partial charge in [-0.15, -0.1) is 0 Å². The average molecular weight is 153 g/mol. The van der Waals surface area contributed by atoms with E-state index in [0.29, 0.717) is 12.8 Å². The van der Waals surface area contributed by atoms with Crippen molar-refractivity contribution in [2.75, 3.05) is 0 Å². The van der Waals surface area contributed by atoms with Crippen molar-refractivity contribution in [1.29, 1.82) is 0 Å². The minimum atomic E-state index is -0.0825. The van der Waals surface area contributed by atoms with Crippen LogP contribution >= 0.6 is 0 Å². The molecule has 2 aliphatic rings. The van der Waals surface area contributed by atoms with Gasteiger partial charge < -0.3 is 0 Å². The highest BCUT2D eigenvalue weighted by atomic mass is 16.2. The molecule has 2 amide bonds. The molecule has 1 aliphatic carbocycles. The molecule has 60 valence electrons. The molecule has 0 aromatic carbocycles. The number of rotatable bonds is 0. The molecule has 3 nitrogen and oxygen atoms in total. The van der Waals surface area contributed by atoms with Crippen LogP contribution in [0.15, 0.2) is 0 Å². The third-order valence-corrected chi connectivity index (χ3v) is 2.76. The fraction of sp³-hybridized carbons (Fsp3) is 0.750. The second-order valence-corrected chi connectivity index (χ2v) is 3.68. The minimum Gasteiger partial charge on any atom is -0.296 e. The average Bonchev–Trinajstić information content (AvgIpc) is 1.82. The molecule has 0 bridgehead atoms. The van der Waals surface area contributed by atoms with Crippen molar-refractivity contribution < 1.29 is 9.59 Å². The molecule has 1 aliphatic heterocycles. The van der Waals surface area contributed by atoms with Crippen LogP contribution < -0.4 is 5.32 Å². The lowest BCUT2D eigenvalue weighted by atomic mass is 9.63. The van der Waals surface area contributed by atoms with Crippen LogP contribution in [0.3, 0.4) is 0 Å². The van der Waals surface area contributed by atoms with E-state index in [4.69, 9.17) is 0 Å². The molecule has 2 fully saturated rings. The normalized spacial score (nSPS) is 28.0. The molecule has 11 heavy (non-hydrogen) atoms. The summed E-state index contributed by atoms with van der Waals surface area (Å²) in [5.41, 5.74) is 0.0828. The second kappa shape index (κ2) is 2.06. The summed E-state index contributed by atoms with van der Waals surface area (Å²) in [4.78, 5) is 21.9. The third kappa shape index (κ3) is 1.04. The van der Waals surface area contributed by atoms with Gasteiger partial charge in [-0.2, -0.15) is 0 Å². The largest absolute Gasteiger partial charge is 0.296 e. The summed E-state index contributed by atoms with van der Waals surface area (Å²) in [7, 11) is 0. The maximum Gasteiger partial charge on any atom is 0.227 e. The van der Waals surface area contributed by atoms with Crippen molar-refractivity contribution in [3.63, 3.8) is 0 Å². The van der Waals surface area contributed by atoms with Gasteiger partial charge in [-0.25, -0.2) is 0 Å². The van der Waals surface area contributed by atoms with Gasteiger partial charge in [0.2, 0.25) is 11.8 Å². The van der Waals surface area contributed by atoms with Crippen LogP contribution in [0.1, 0.15) is 32.1 Å². The van der Waals surface area contributed by atoms with E-state index in [1.165, 1.54) is 6.42 Å². The second-order valence-electron chi connectivity index (χ2n) is 3.68. The number of nitrogens with one attached hydrogen (secondary N) is 1. The number of carbonyl (C=O) groups excluding carboxylic acids is 2. The number of hydrogen-bond donors (Lipinski definition) is 1.